The van der Waals surface area contributed by atoms with Crippen LogP contribution in [0.15, 0.2) is 12.2 Å². The van der Waals surface area contributed by atoms with E-state index in [-0.39, 0.29) is 45.2 Å². The average Bonchev–Trinajstić information content (AvgIpc) is 2.52. The van der Waals surface area contributed by atoms with Gasteiger partial charge in [-0.05, 0) is 19.8 Å². The van der Waals surface area contributed by atoms with Crippen molar-refractivity contribution in [1.82, 2.24) is 0 Å². The smallest absolute Gasteiger partial charge is 0.333 e. The lowest BCUT2D eigenvalue weighted by molar-refractivity contribution is -0.146. The van der Waals surface area contributed by atoms with E-state index >= 15 is 0 Å². The first-order valence-electron chi connectivity index (χ1n) is 7.79. The van der Waals surface area contributed by atoms with E-state index < -0.39 is 11.9 Å². The van der Waals surface area contributed by atoms with E-state index in [1.807, 2.05) is 0 Å². The molecule has 0 aliphatic rings. The summed E-state index contributed by atoms with van der Waals surface area (Å²) in [6, 6.07) is 0. The molecule has 138 valence electrons. The first kappa shape index (κ1) is 22.1. The maximum atomic E-state index is 11.3. The number of ether oxygens (including phenoxy) is 4. The Morgan fingerprint density at radius 3 is 1.88 bits per heavy atom. The van der Waals surface area contributed by atoms with Crippen LogP contribution in [0.3, 0.4) is 0 Å². The van der Waals surface area contributed by atoms with Crippen LogP contribution in [0.4, 0.5) is 0 Å². The van der Waals surface area contributed by atoms with Crippen molar-refractivity contribution in [3.8, 4) is 0 Å². The highest BCUT2D eigenvalue weighted by atomic mass is 16.6. The van der Waals surface area contributed by atoms with Crippen molar-refractivity contribution in [1.29, 1.82) is 0 Å². The van der Waals surface area contributed by atoms with E-state index in [1.165, 1.54) is 0 Å². The maximum Gasteiger partial charge on any atom is 0.333 e. The predicted molar refractivity (Wildman–Crippen MR) is 84.5 cm³/mol. The van der Waals surface area contributed by atoms with Crippen LogP contribution in [0.2, 0.25) is 0 Å². The fraction of sp³-hybridized carbons (Fsp3) is 0.688. The van der Waals surface area contributed by atoms with Crippen LogP contribution in [0, 0.1) is 0 Å². The van der Waals surface area contributed by atoms with E-state index in [9.17, 15) is 14.4 Å². The van der Waals surface area contributed by atoms with Gasteiger partial charge in [0.1, 0.15) is 13.2 Å². The molecule has 0 rings (SSSR count). The summed E-state index contributed by atoms with van der Waals surface area (Å²) >= 11 is 0. The lowest BCUT2D eigenvalue weighted by atomic mass is 10.2. The standard InChI is InChI=1S/C16H26O8/c1-13(2)16(20)24-12-10-22-8-7-21-9-11-23-15(19)6-4-3-5-14(17)18/h1,3-12H2,2H3,(H,17,18). The Kier molecular flexibility index (Phi) is 13.5. The molecule has 0 radical (unpaired) electrons. The van der Waals surface area contributed by atoms with Gasteiger partial charge in [0.05, 0.1) is 26.4 Å². The quantitative estimate of drug-likeness (QED) is 0.269. The zero-order valence-electron chi connectivity index (χ0n) is 14.1. The Morgan fingerprint density at radius 2 is 1.33 bits per heavy atom. The Bertz CT molecular complexity index is 405. The zero-order chi connectivity index (χ0) is 18.2. The largest absolute Gasteiger partial charge is 0.481 e. The van der Waals surface area contributed by atoms with Crippen LogP contribution >= 0.6 is 0 Å². The van der Waals surface area contributed by atoms with Gasteiger partial charge in [-0.3, -0.25) is 9.59 Å². The summed E-state index contributed by atoms with van der Waals surface area (Å²) in [6.45, 7) is 6.54. The molecule has 0 aliphatic carbocycles. The van der Waals surface area contributed by atoms with Crippen molar-refractivity contribution in [3.63, 3.8) is 0 Å². The summed E-state index contributed by atoms with van der Waals surface area (Å²) in [7, 11) is 0. The lowest BCUT2D eigenvalue weighted by Gasteiger charge is -2.07. The fourth-order valence-electron chi connectivity index (χ4n) is 1.47. The van der Waals surface area contributed by atoms with E-state index in [0.717, 1.165) is 0 Å². The van der Waals surface area contributed by atoms with Crippen LogP contribution in [0.25, 0.3) is 0 Å². The molecule has 0 aromatic rings. The number of carboxylic acids is 1. The van der Waals surface area contributed by atoms with Crippen LogP contribution < -0.4 is 0 Å². The number of unbranched alkanes of at least 4 members (excludes halogenated alkanes) is 1. The Morgan fingerprint density at radius 1 is 0.833 bits per heavy atom. The fourth-order valence-corrected chi connectivity index (χ4v) is 1.47. The topological polar surface area (TPSA) is 108 Å². The molecule has 0 saturated heterocycles. The first-order chi connectivity index (χ1) is 11.4. The maximum absolute atomic E-state index is 11.3. The monoisotopic (exact) mass is 346 g/mol. The summed E-state index contributed by atoms with van der Waals surface area (Å²) in [4.78, 5) is 32.6. The van der Waals surface area contributed by atoms with Crippen molar-refractivity contribution in [2.24, 2.45) is 0 Å². The predicted octanol–water partition coefficient (Wildman–Crippen LogP) is 1.33. The van der Waals surface area contributed by atoms with Crippen molar-refractivity contribution < 1.29 is 38.4 Å². The summed E-state index contributed by atoms with van der Waals surface area (Å²) in [5.41, 5.74) is 0.342. The van der Waals surface area contributed by atoms with Gasteiger partial charge in [0, 0.05) is 18.4 Å². The minimum Gasteiger partial charge on any atom is -0.481 e. The third kappa shape index (κ3) is 15.0. The molecule has 0 saturated carbocycles. The highest BCUT2D eigenvalue weighted by molar-refractivity contribution is 5.86. The highest BCUT2D eigenvalue weighted by Gasteiger charge is 2.04. The van der Waals surface area contributed by atoms with Gasteiger partial charge in [0.25, 0.3) is 0 Å². The lowest BCUT2D eigenvalue weighted by Crippen LogP contribution is -2.15. The van der Waals surface area contributed by atoms with Crippen LogP contribution in [0.5, 0.6) is 0 Å². The molecule has 0 fully saturated rings. The van der Waals surface area contributed by atoms with Gasteiger partial charge in [-0.15, -0.1) is 0 Å². The summed E-state index contributed by atoms with van der Waals surface area (Å²) in [6.07, 6.45) is 1.22. The third-order valence-corrected chi connectivity index (χ3v) is 2.69. The molecular formula is C16H26O8. The molecule has 0 bridgehead atoms. The molecule has 8 heteroatoms. The average molecular weight is 346 g/mol. The van der Waals surface area contributed by atoms with Crippen LogP contribution in [-0.2, 0) is 33.3 Å². The number of carbonyl (C=O) groups is 3. The van der Waals surface area contributed by atoms with E-state index in [1.54, 1.807) is 6.92 Å². The van der Waals surface area contributed by atoms with Gasteiger partial charge < -0.3 is 24.1 Å². The number of hydrogen-bond donors (Lipinski definition) is 1. The first-order valence-corrected chi connectivity index (χ1v) is 7.79. The number of hydrogen-bond acceptors (Lipinski definition) is 7. The van der Waals surface area contributed by atoms with Crippen molar-refractivity contribution in [3.05, 3.63) is 12.2 Å². The molecule has 24 heavy (non-hydrogen) atoms. The second-order valence-electron chi connectivity index (χ2n) is 4.96. The Balaban J connectivity index is 3.27. The van der Waals surface area contributed by atoms with Gasteiger partial charge in [-0.2, -0.15) is 0 Å². The Labute approximate surface area is 141 Å². The molecule has 0 aliphatic heterocycles. The van der Waals surface area contributed by atoms with Crippen molar-refractivity contribution in [2.75, 3.05) is 39.6 Å². The molecule has 1 N–H and O–H groups in total. The second-order valence-corrected chi connectivity index (χ2v) is 4.96. The summed E-state index contributed by atoms with van der Waals surface area (Å²) in [5, 5.41) is 8.45. The highest BCUT2D eigenvalue weighted by Crippen LogP contribution is 2.01. The van der Waals surface area contributed by atoms with E-state index in [4.69, 9.17) is 24.1 Å². The van der Waals surface area contributed by atoms with E-state index in [2.05, 4.69) is 6.58 Å². The minimum atomic E-state index is -0.868. The van der Waals surface area contributed by atoms with Gasteiger partial charge in [-0.25, -0.2) is 4.79 Å². The zero-order valence-corrected chi connectivity index (χ0v) is 14.1. The molecule has 8 nitrogen and oxygen atoms in total. The van der Waals surface area contributed by atoms with Crippen LogP contribution in [0.1, 0.15) is 32.6 Å². The molecule has 0 unspecified atom stereocenters. The van der Waals surface area contributed by atoms with Crippen molar-refractivity contribution >= 4 is 17.9 Å². The molecule has 0 spiro atoms. The number of carboxylic acid groups (broad SMARTS) is 1. The number of rotatable bonds is 15. The van der Waals surface area contributed by atoms with Gasteiger partial charge >= 0.3 is 17.9 Å². The molecule has 0 atom stereocenters. The number of esters is 2. The SMILES string of the molecule is C=C(C)C(=O)OCCOCCOCCOC(=O)CCCCC(=O)O. The molecule has 0 aromatic heterocycles. The Hall–Kier alpha value is -1.93. The normalized spacial score (nSPS) is 10.2. The molecule has 0 amide bonds. The van der Waals surface area contributed by atoms with E-state index in [0.29, 0.717) is 31.6 Å². The van der Waals surface area contributed by atoms with Crippen LogP contribution in [-0.4, -0.2) is 62.7 Å². The second kappa shape index (κ2) is 14.6. The third-order valence-electron chi connectivity index (χ3n) is 2.69. The van der Waals surface area contributed by atoms with Gasteiger partial charge in [-0.1, -0.05) is 6.58 Å². The van der Waals surface area contributed by atoms with Gasteiger partial charge in [0.2, 0.25) is 0 Å². The molecule has 0 heterocycles. The summed E-state index contributed by atoms with van der Waals surface area (Å²) < 4.78 is 20.2. The number of carbonyl (C=O) groups excluding carboxylic acids is 2. The van der Waals surface area contributed by atoms with Gasteiger partial charge in [0.15, 0.2) is 0 Å². The molecule has 0 aromatic carbocycles. The minimum absolute atomic E-state index is 0.0583. The number of aliphatic carboxylic acids is 1. The van der Waals surface area contributed by atoms with Crippen molar-refractivity contribution in [2.45, 2.75) is 32.6 Å². The molecular weight excluding hydrogens is 320 g/mol. The summed E-state index contributed by atoms with van der Waals surface area (Å²) in [5.74, 6) is -1.67.